The fourth-order valence-electron chi connectivity index (χ4n) is 2.68. The van der Waals surface area contributed by atoms with Gasteiger partial charge in [0.25, 0.3) is 0 Å². The second kappa shape index (κ2) is 4.44. The quantitative estimate of drug-likeness (QED) is 0.348. The van der Waals surface area contributed by atoms with E-state index in [0.29, 0.717) is 10.8 Å². The summed E-state index contributed by atoms with van der Waals surface area (Å²) in [4.78, 5) is 23.6. The van der Waals surface area contributed by atoms with Crippen LogP contribution in [0.5, 0.6) is 0 Å². The minimum absolute atomic E-state index is 0.148. The molecule has 3 heterocycles. The lowest BCUT2D eigenvalue weighted by atomic mass is 9.88. The van der Waals surface area contributed by atoms with E-state index in [1.165, 1.54) is 0 Å². The summed E-state index contributed by atoms with van der Waals surface area (Å²) in [5.41, 5.74) is 0. The summed E-state index contributed by atoms with van der Waals surface area (Å²) in [6.07, 6.45) is -0.601. The minimum Gasteiger partial charge on any atom is -0.455 e. The average molecular weight is 478 g/mol. The van der Waals surface area contributed by atoms with Crippen molar-refractivity contribution in [1.29, 1.82) is 0 Å². The van der Waals surface area contributed by atoms with Crippen LogP contribution in [-0.2, 0) is 23.8 Å². The molecular formula is C11H12I2O5. The highest BCUT2D eigenvalue weighted by Gasteiger charge is 2.65. The third-order valence-electron chi connectivity index (χ3n) is 3.70. The second-order valence-electron chi connectivity index (χ2n) is 5.08. The van der Waals surface area contributed by atoms with Gasteiger partial charge in [-0.1, -0.05) is 45.2 Å². The standard InChI is InChI=1S/C11H12I2O5/c1-11(13,3-12)10(15)18-7-5-2-4-6(16-5)8(7)17-9(4)14/h4-8H,2-3H2,1H3. The van der Waals surface area contributed by atoms with Gasteiger partial charge in [0.15, 0.2) is 12.2 Å². The number of carbonyl (C=O) groups is 2. The molecule has 0 aliphatic carbocycles. The number of ether oxygens (including phenoxy) is 3. The molecule has 0 amide bonds. The Kier molecular flexibility index (Phi) is 3.29. The summed E-state index contributed by atoms with van der Waals surface area (Å²) < 4.78 is 16.6. The molecule has 0 aromatic rings. The molecule has 3 saturated heterocycles. The molecule has 0 radical (unpaired) electrons. The molecule has 0 spiro atoms. The molecule has 3 aliphatic rings. The van der Waals surface area contributed by atoms with Crippen LogP contribution in [0.2, 0.25) is 0 Å². The molecule has 5 nitrogen and oxygen atoms in total. The van der Waals surface area contributed by atoms with E-state index in [-0.39, 0.29) is 30.1 Å². The smallest absolute Gasteiger partial charge is 0.323 e. The van der Waals surface area contributed by atoms with Crippen molar-refractivity contribution in [2.75, 3.05) is 4.43 Å². The average Bonchev–Trinajstić information content (AvgIpc) is 2.93. The van der Waals surface area contributed by atoms with Gasteiger partial charge >= 0.3 is 11.9 Å². The van der Waals surface area contributed by atoms with Gasteiger partial charge in [0.2, 0.25) is 0 Å². The van der Waals surface area contributed by atoms with Crippen molar-refractivity contribution in [3.8, 4) is 0 Å². The van der Waals surface area contributed by atoms with Crippen LogP contribution in [0.15, 0.2) is 0 Å². The highest BCUT2D eigenvalue weighted by molar-refractivity contribution is 14.1. The highest BCUT2D eigenvalue weighted by atomic mass is 127. The van der Waals surface area contributed by atoms with E-state index in [1.54, 1.807) is 0 Å². The molecule has 3 rings (SSSR count). The van der Waals surface area contributed by atoms with E-state index in [2.05, 4.69) is 45.2 Å². The number of rotatable bonds is 3. The van der Waals surface area contributed by atoms with Crippen molar-refractivity contribution in [2.45, 2.75) is 41.2 Å². The zero-order valence-electron chi connectivity index (χ0n) is 9.60. The van der Waals surface area contributed by atoms with Crippen LogP contribution in [0.1, 0.15) is 13.3 Å². The SMILES string of the molecule is CC(I)(CI)C(=O)OC1C2CC3C(=O)OC1C3O2. The van der Waals surface area contributed by atoms with Gasteiger partial charge in [-0.05, 0) is 13.3 Å². The maximum absolute atomic E-state index is 12.1. The monoisotopic (exact) mass is 478 g/mol. The Morgan fingerprint density at radius 3 is 2.94 bits per heavy atom. The molecule has 0 aromatic heterocycles. The lowest BCUT2D eigenvalue weighted by molar-refractivity contribution is -0.161. The molecule has 100 valence electrons. The normalized spacial score (nSPS) is 43.7. The number of fused-ring (bicyclic) bond motifs is 1. The van der Waals surface area contributed by atoms with Gasteiger partial charge in [0.1, 0.15) is 9.53 Å². The highest BCUT2D eigenvalue weighted by Crippen LogP contribution is 2.47. The Labute approximate surface area is 132 Å². The number of halogens is 2. The van der Waals surface area contributed by atoms with Crippen molar-refractivity contribution in [2.24, 2.45) is 5.92 Å². The van der Waals surface area contributed by atoms with Gasteiger partial charge in [-0.2, -0.15) is 0 Å². The largest absolute Gasteiger partial charge is 0.455 e. The summed E-state index contributed by atoms with van der Waals surface area (Å²) in [6, 6.07) is 0. The summed E-state index contributed by atoms with van der Waals surface area (Å²) in [5, 5.41) is 0. The van der Waals surface area contributed by atoms with Gasteiger partial charge in [-0.25, -0.2) is 0 Å². The van der Waals surface area contributed by atoms with Crippen LogP contribution < -0.4 is 0 Å². The molecule has 18 heavy (non-hydrogen) atoms. The second-order valence-corrected chi connectivity index (χ2v) is 8.23. The van der Waals surface area contributed by atoms with Crippen LogP contribution in [-0.4, -0.2) is 44.2 Å². The maximum Gasteiger partial charge on any atom is 0.323 e. The van der Waals surface area contributed by atoms with Gasteiger partial charge in [-0.15, -0.1) is 0 Å². The molecule has 2 bridgehead atoms. The molecule has 7 heteroatoms. The lowest BCUT2D eigenvalue weighted by Gasteiger charge is -2.26. The molecule has 6 unspecified atom stereocenters. The van der Waals surface area contributed by atoms with Crippen molar-refractivity contribution in [1.82, 2.24) is 0 Å². The Hall–Kier alpha value is 0.360. The zero-order chi connectivity index (χ0) is 13.1. The van der Waals surface area contributed by atoms with E-state index in [9.17, 15) is 9.59 Å². The first kappa shape index (κ1) is 13.3. The van der Waals surface area contributed by atoms with E-state index in [1.807, 2.05) is 6.92 Å². The molecule has 3 fully saturated rings. The van der Waals surface area contributed by atoms with Crippen molar-refractivity contribution in [3.63, 3.8) is 0 Å². The third-order valence-corrected chi connectivity index (χ3v) is 7.51. The lowest BCUT2D eigenvalue weighted by Crippen LogP contribution is -2.44. The number of hydrogen-bond donors (Lipinski definition) is 0. The van der Waals surface area contributed by atoms with E-state index >= 15 is 0 Å². The molecule has 0 aromatic carbocycles. The zero-order valence-corrected chi connectivity index (χ0v) is 13.9. The minimum atomic E-state index is -0.553. The van der Waals surface area contributed by atoms with E-state index in [4.69, 9.17) is 14.2 Å². The number of alkyl halides is 2. The van der Waals surface area contributed by atoms with E-state index < -0.39 is 15.6 Å². The summed E-state index contributed by atoms with van der Waals surface area (Å²) in [7, 11) is 0. The first-order valence-corrected chi connectivity index (χ1v) is 8.36. The van der Waals surface area contributed by atoms with Gasteiger partial charge in [-0.3, -0.25) is 9.59 Å². The molecule has 6 atom stereocenters. The first-order chi connectivity index (χ1) is 8.44. The molecule has 0 N–H and O–H groups in total. The number of esters is 2. The molecular weight excluding hydrogens is 466 g/mol. The Balaban J connectivity index is 1.73. The molecule has 3 aliphatic heterocycles. The van der Waals surface area contributed by atoms with Crippen molar-refractivity contribution in [3.05, 3.63) is 0 Å². The topological polar surface area (TPSA) is 61.8 Å². The fourth-order valence-corrected chi connectivity index (χ4v) is 3.12. The maximum atomic E-state index is 12.1. The van der Waals surface area contributed by atoms with Gasteiger partial charge in [0.05, 0.1) is 12.0 Å². The Morgan fingerprint density at radius 2 is 2.28 bits per heavy atom. The van der Waals surface area contributed by atoms with Gasteiger partial charge in [0, 0.05) is 4.43 Å². The van der Waals surface area contributed by atoms with Crippen LogP contribution in [0.3, 0.4) is 0 Å². The van der Waals surface area contributed by atoms with Crippen LogP contribution in [0.25, 0.3) is 0 Å². The summed E-state index contributed by atoms with van der Waals surface area (Å²) in [6.45, 7) is 1.83. The predicted octanol–water partition coefficient (Wildman–Crippen LogP) is 1.24. The first-order valence-electron chi connectivity index (χ1n) is 5.76. The predicted molar refractivity (Wildman–Crippen MR) is 77.8 cm³/mol. The fraction of sp³-hybridized carbons (Fsp3) is 0.818. The number of carbonyl (C=O) groups excluding carboxylic acids is 2. The Morgan fingerprint density at radius 1 is 1.56 bits per heavy atom. The summed E-state index contributed by atoms with van der Waals surface area (Å²) in [5.74, 6) is -0.624. The van der Waals surface area contributed by atoms with Crippen molar-refractivity contribution >= 4 is 57.1 Å². The van der Waals surface area contributed by atoms with Crippen LogP contribution in [0, 0.1) is 5.92 Å². The van der Waals surface area contributed by atoms with Crippen molar-refractivity contribution < 1.29 is 23.8 Å². The van der Waals surface area contributed by atoms with Gasteiger partial charge < -0.3 is 14.2 Å². The number of hydrogen-bond acceptors (Lipinski definition) is 5. The third kappa shape index (κ3) is 1.88. The van der Waals surface area contributed by atoms with Crippen LogP contribution >= 0.6 is 45.2 Å². The Bertz CT molecular complexity index is 410. The molecule has 0 saturated carbocycles. The van der Waals surface area contributed by atoms with E-state index in [0.717, 1.165) is 0 Å². The van der Waals surface area contributed by atoms with Crippen LogP contribution in [0.4, 0.5) is 0 Å². The summed E-state index contributed by atoms with van der Waals surface area (Å²) >= 11 is 4.24.